The highest BCUT2D eigenvalue weighted by molar-refractivity contribution is 5.97. The van der Waals surface area contributed by atoms with Crippen LogP contribution in [0.4, 0.5) is 13.2 Å². The molecule has 1 heterocycles. The summed E-state index contributed by atoms with van der Waals surface area (Å²) in [5.41, 5.74) is 7.48. The number of nitrogens with zero attached hydrogens (tertiary/aromatic N) is 1. The Balaban J connectivity index is 2.11. The standard InChI is InChI=1S/C18H13F3N2O/c1-10-8-15(11-2-5-13(6-3-11)18(19,20)21)23-16-9-12(17(22)24)4-7-14(10)16/h2-9H,1H3,(H2,22,24). The number of pyridine rings is 1. The zero-order valence-electron chi connectivity index (χ0n) is 12.7. The maximum atomic E-state index is 12.7. The average Bonchev–Trinajstić information content (AvgIpc) is 2.53. The lowest BCUT2D eigenvalue weighted by Gasteiger charge is -2.10. The molecule has 122 valence electrons. The Labute approximate surface area is 135 Å². The molecule has 3 nitrogen and oxygen atoms in total. The number of aryl methyl sites for hydroxylation is 1. The third-order valence-corrected chi connectivity index (χ3v) is 3.81. The van der Waals surface area contributed by atoms with Crippen LogP contribution in [0, 0.1) is 6.92 Å². The van der Waals surface area contributed by atoms with E-state index in [0.717, 1.165) is 23.1 Å². The number of rotatable bonds is 2. The fraction of sp³-hybridized carbons (Fsp3) is 0.111. The van der Waals surface area contributed by atoms with Gasteiger partial charge in [0.25, 0.3) is 0 Å². The van der Waals surface area contributed by atoms with Crippen LogP contribution in [0.5, 0.6) is 0 Å². The second-order valence-electron chi connectivity index (χ2n) is 5.50. The Kier molecular flexibility index (Phi) is 3.75. The Bertz CT molecular complexity index is 931. The zero-order chi connectivity index (χ0) is 17.5. The summed E-state index contributed by atoms with van der Waals surface area (Å²) in [5.74, 6) is -0.559. The van der Waals surface area contributed by atoms with Crippen molar-refractivity contribution < 1.29 is 18.0 Å². The van der Waals surface area contributed by atoms with Crippen LogP contribution >= 0.6 is 0 Å². The van der Waals surface area contributed by atoms with E-state index in [1.807, 2.05) is 6.92 Å². The maximum absolute atomic E-state index is 12.7. The van der Waals surface area contributed by atoms with Crippen molar-refractivity contribution in [2.24, 2.45) is 5.73 Å². The number of nitrogens with two attached hydrogens (primary N) is 1. The van der Waals surface area contributed by atoms with Crippen molar-refractivity contribution in [1.82, 2.24) is 4.98 Å². The molecule has 24 heavy (non-hydrogen) atoms. The van der Waals surface area contributed by atoms with Gasteiger partial charge in [-0.15, -0.1) is 0 Å². The van der Waals surface area contributed by atoms with Crippen LogP contribution in [-0.4, -0.2) is 10.9 Å². The molecular formula is C18H13F3N2O. The number of fused-ring (bicyclic) bond motifs is 1. The van der Waals surface area contributed by atoms with E-state index < -0.39 is 17.6 Å². The second kappa shape index (κ2) is 5.63. The Hall–Kier alpha value is -2.89. The number of halogens is 3. The molecule has 0 saturated carbocycles. The van der Waals surface area contributed by atoms with Crippen LogP contribution < -0.4 is 5.73 Å². The van der Waals surface area contributed by atoms with Gasteiger partial charge in [-0.1, -0.05) is 18.2 Å². The van der Waals surface area contributed by atoms with Gasteiger partial charge in [-0.05, 0) is 42.8 Å². The third kappa shape index (κ3) is 2.95. The van der Waals surface area contributed by atoms with Gasteiger partial charge in [0.2, 0.25) is 5.91 Å². The van der Waals surface area contributed by atoms with Crippen LogP contribution in [0.2, 0.25) is 0 Å². The number of carbonyl (C=O) groups is 1. The highest BCUT2D eigenvalue weighted by atomic mass is 19.4. The minimum atomic E-state index is -4.37. The molecule has 0 fully saturated rings. The van der Waals surface area contributed by atoms with Gasteiger partial charge < -0.3 is 5.73 Å². The molecule has 0 unspecified atom stereocenters. The summed E-state index contributed by atoms with van der Waals surface area (Å²) in [6, 6.07) is 11.6. The molecule has 0 aliphatic heterocycles. The predicted octanol–water partition coefficient (Wildman–Crippen LogP) is 4.33. The third-order valence-electron chi connectivity index (χ3n) is 3.81. The summed E-state index contributed by atoms with van der Waals surface area (Å²) < 4.78 is 38.0. The molecule has 0 saturated heterocycles. The monoisotopic (exact) mass is 330 g/mol. The summed E-state index contributed by atoms with van der Waals surface area (Å²) >= 11 is 0. The number of aromatic nitrogens is 1. The number of alkyl halides is 3. The molecule has 2 aromatic carbocycles. The summed E-state index contributed by atoms with van der Waals surface area (Å²) in [6.45, 7) is 1.88. The van der Waals surface area contributed by atoms with Crippen LogP contribution in [0.1, 0.15) is 21.5 Å². The lowest BCUT2D eigenvalue weighted by molar-refractivity contribution is -0.137. The van der Waals surface area contributed by atoms with Crippen LogP contribution in [0.25, 0.3) is 22.2 Å². The van der Waals surface area contributed by atoms with Gasteiger partial charge in [-0.3, -0.25) is 4.79 Å². The van der Waals surface area contributed by atoms with Crippen molar-refractivity contribution in [2.45, 2.75) is 13.1 Å². The van der Waals surface area contributed by atoms with Crippen LogP contribution in [-0.2, 0) is 6.18 Å². The van der Waals surface area contributed by atoms with E-state index in [1.54, 1.807) is 24.3 Å². The van der Waals surface area contributed by atoms with Gasteiger partial charge in [0.1, 0.15) is 0 Å². The molecular weight excluding hydrogens is 317 g/mol. The van der Waals surface area contributed by atoms with E-state index in [4.69, 9.17) is 5.73 Å². The summed E-state index contributed by atoms with van der Waals surface area (Å²) in [6.07, 6.45) is -4.37. The number of primary amides is 1. The van der Waals surface area contributed by atoms with E-state index in [0.29, 0.717) is 22.3 Å². The zero-order valence-corrected chi connectivity index (χ0v) is 12.7. The molecule has 0 aliphatic carbocycles. The van der Waals surface area contributed by atoms with Crippen LogP contribution in [0.15, 0.2) is 48.5 Å². The van der Waals surface area contributed by atoms with Crippen molar-refractivity contribution >= 4 is 16.8 Å². The van der Waals surface area contributed by atoms with Crippen molar-refractivity contribution in [3.63, 3.8) is 0 Å². The SMILES string of the molecule is Cc1cc(-c2ccc(C(F)(F)F)cc2)nc2cc(C(N)=O)ccc12. The summed E-state index contributed by atoms with van der Waals surface area (Å²) in [4.78, 5) is 15.8. The fourth-order valence-electron chi connectivity index (χ4n) is 2.53. The minimum absolute atomic E-state index is 0.332. The smallest absolute Gasteiger partial charge is 0.366 e. The average molecular weight is 330 g/mol. The molecule has 0 atom stereocenters. The van der Waals surface area contributed by atoms with Gasteiger partial charge >= 0.3 is 6.18 Å². The van der Waals surface area contributed by atoms with Gasteiger partial charge in [-0.2, -0.15) is 13.2 Å². The minimum Gasteiger partial charge on any atom is -0.366 e. The number of benzene rings is 2. The lowest BCUT2D eigenvalue weighted by Crippen LogP contribution is -2.10. The molecule has 0 radical (unpaired) electrons. The normalized spacial score (nSPS) is 11.7. The molecule has 0 spiro atoms. The van der Waals surface area contributed by atoms with E-state index >= 15 is 0 Å². The quantitative estimate of drug-likeness (QED) is 0.760. The molecule has 3 rings (SSSR count). The molecule has 0 bridgehead atoms. The fourth-order valence-corrected chi connectivity index (χ4v) is 2.53. The maximum Gasteiger partial charge on any atom is 0.416 e. The van der Waals surface area contributed by atoms with Crippen molar-refractivity contribution in [3.05, 3.63) is 65.2 Å². The molecule has 1 amide bonds. The first-order valence-corrected chi connectivity index (χ1v) is 7.14. The predicted molar refractivity (Wildman–Crippen MR) is 85.4 cm³/mol. The number of hydrogen-bond acceptors (Lipinski definition) is 2. The molecule has 2 N–H and O–H groups in total. The summed E-state index contributed by atoms with van der Waals surface area (Å²) in [5, 5.41) is 0.857. The van der Waals surface area contributed by atoms with Crippen LogP contribution in [0.3, 0.4) is 0 Å². The number of carbonyl (C=O) groups excluding carboxylic acids is 1. The highest BCUT2D eigenvalue weighted by Gasteiger charge is 2.30. The Morgan fingerprint density at radius 2 is 1.71 bits per heavy atom. The van der Waals surface area contributed by atoms with Gasteiger partial charge in [0, 0.05) is 16.5 Å². The van der Waals surface area contributed by atoms with Gasteiger partial charge in [0.05, 0.1) is 16.8 Å². The number of amides is 1. The van der Waals surface area contributed by atoms with Crippen molar-refractivity contribution in [3.8, 4) is 11.3 Å². The van der Waals surface area contributed by atoms with Crippen molar-refractivity contribution in [2.75, 3.05) is 0 Å². The van der Waals surface area contributed by atoms with E-state index in [2.05, 4.69) is 4.98 Å². The van der Waals surface area contributed by atoms with E-state index in [9.17, 15) is 18.0 Å². The second-order valence-corrected chi connectivity index (χ2v) is 5.50. The summed E-state index contributed by atoms with van der Waals surface area (Å²) in [7, 11) is 0. The van der Waals surface area contributed by atoms with E-state index in [1.165, 1.54) is 12.1 Å². The van der Waals surface area contributed by atoms with Gasteiger partial charge in [0.15, 0.2) is 0 Å². The topological polar surface area (TPSA) is 56.0 Å². The Morgan fingerprint density at radius 1 is 1.04 bits per heavy atom. The van der Waals surface area contributed by atoms with Gasteiger partial charge in [-0.25, -0.2) is 4.98 Å². The van der Waals surface area contributed by atoms with Crippen molar-refractivity contribution in [1.29, 1.82) is 0 Å². The lowest BCUT2D eigenvalue weighted by atomic mass is 10.0. The Morgan fingerprint density at radius 3 is 2.29 bits per heavy atom. The first kappa shape index (κ1) is 16.0. The molecule has 1 aromatic heterocycles. The molecule has 6 heteroatoms. The first-order valence-electron chi connectivity index (χ1n) is 7.14. The van der Waals surface area contributed by atoms with E-state index in [-0.39, 0.29) is 0 Å². The largest absolute Gasteiger partial charge is 0.416 e. The first-order chi connectivity index (χ1) is 11.3. The number of hydrogen-bond donors (Lipinski definition) is 1. The molecule has 3 aromatic rings. The highest BCUT2D eigenvalue weighted by Crippen LogP contribution is 2.31. The molecule has 0 aliphatic rings.